The molecule has 3 aromatic rings. The lowest BCUT2D eigenvalue weighted by Gasteiger charge is -2.09. The van der Waals surface area contributed by atoms with Gasteiger partial charge < -0.3 is 4.52 Å². The number of rotatable bonds is 4. The van der Waals surface area contributed by atoms with Crippen molar-refractivity contribution in [2.45, 2.75) is 18.9 Å². The van der Waals surface area contributed by atoms with Crippen LogP contribution in [0.5, 0.6) is 0 Å². The van der Waals surface area contributed by atoms with E-state index in [0.717, 1.165) is 12.2 Å². The summed E-state index contributed by atoms with van der Waals surface area (Å²) in [6.45, 7) is 0.201. The van der Waals surface area contributed by atoms with Crippen LogP contribution in [0.2, 0.25) is 0 Å². The first kappa shape index (κ1) is 16.5. The largest absolute Gasteiger partial charge is 0.337 e. The summed E-state index contributed by atoms with van der Waals surface area (Å²) in [5.74, 6) is 3.00. The van der Waals surface area contributed by atoms with E-state index < -0.39 is 0 Å². The van der Waals surface area contributed by atoms with Gasteiger partial charge in [0.05, 0.1) is 0 Å². The summed E-state index contributed by atoms with van der Waals surface area (Å²) in [4.78, 5) is 21.5. The van der Waals surface area contributed by atoms with E-state index in [1.807, 2.05) is 6.07 Å². The standard InChI is InChI=1S/C20H19N7O2/c1-26-17-19(23-25-26)21-10-27(20(17)28)9-15-22-18(24-29-15)16-13-7-12(8-14(13)16)11-5-3-2-4-6-11/h2-7,10,13-14,16,23,25H,8-9H2,1H3/t13-,14+,16+/m0/s1. The van der Waals surface area contributed by atoms with Crippen molar-refractivity contribution >= 4 is 17.1 Å². The molecule has 3 heterocycles. The molecule has 1 aromatic carbocycles. The van der Waals surface area contributed by atoms with Gasteiger partial charge in [-0.2, -0.15) is 4.98 Å². The first-order valence-corrected chi connectivity index (χ1v) is 9.62. The number of allylic oxidation sites excluding steroid dienone is 2. The van der Waals surface area contributed by atoms with Crippen LogP contribution in [0.4, 0.5) is 11.5 Å². The fourth-order valence-electron chi connectivity index (χ4n) is 4.47. The third-order valence-electron chi connectivity index (χ3n) is 6.00. The molecule has 1 aliphatic heterocycles. The number of fused-ring (bicyclic) bond motifs is 2. The second-order valence-corrected chi connectivity index (χ2v) is 7.75. The Morgan fingerprint density at radius 1 is 1.28 bits per heavy atom. The van der Waals surface area contributed by atoms with Crippen LogP contribution >= 0.6 is 0 Å². The second-order valence-electron chi connectivity index (χ2n) is 7.75. The van der Waals surface area contributed by atoms with Crippen molar-refractivity contribution in [3.8, 4) is 0 Å². The Kier molecular flexibility index (Phi) is 3.42. The van der Waals surface area contributed by atoms with Crippen LogP contribution in [-0.4, -0.2) is 26.7 Å². The molecule has 0 amide bonds. The van der Waals surface area contributed by atoms with Crippen LogP contribution in [-0.2, 0) is 6.54 Å². The van der Waals surface area contributed by atoms with E-state index in [-0.39, 0.29) is 12.1 Å². The number of anilines is 2. The molecule has 3 atom stereocenters. The van der Waals surface area contributed by atoms with E-state index in [0.29, 0.717) is 35.1 Å². The minimum absolute atomic E-state index is 0.173. The van der Waals surface area contributed by atoms with Crippen LogP contribution in [0.25, 0.3) is 5.57 Å². The highest BCUT2D eigenvalue weighted by Gasteiger charge is 2.55. The maximum atomic E-state index is 12.7. The maximum Gasteiger partial charge on any atom is 0.281 e. The van der Waals surface area contributed by atoms with Crippen molar-refractivity contribution < 1.29 is 4.52 Å². The van der Waals surface area contributed by atoms with E-state index >= 15 is 0 Å². The van der Waals surface area contributed by atoms with Gasteiger partial charge in [0.2, 0.25) is 5.89 Å². The van der Waals surface area contributed by atoms with Gasteiger partial charge >= 0.3 is 0 Å². The zero-order valence-corrected chi connectivity index (χ0v) is 15.7. The van der Waals surface area contributed by atoms with Gasteiger partial charge in [0, 0.05) is 13.0 Å². The zero-order valence-electron chi connectivity index (χ0n) is 15.7. The van der Waals surface area contributed by atoms with E-state index in [1.54, 1.807) is 12.1 Å². The predicted molar refractivity (Wildman–Crippen MR) is 106 cm³/mol. The Hall–Kier alpha value is -3.46. The maximum absolute atomic E-state index is 12.7. The molecule has 0 saturated heterocycles. The number of nitrogens with zero attached hydrogens (tertiary/aromatic N) is 5. The van der Waals surface area contributed by atoms with Crippen molar-refractivity contribution in [3.63, 3.8) is 0 Å². The SMILES string of the molecule is CN1NNc2ncn(Cc3nc([C@@H]4[C@H]5C=C(c6ccccc6)C[C@H]54)no3)c(=O)c21. The molecule has 3 aliphatic rings. The molecule has 9 heteroatoms. The van der Waals surface area contributed by atoms with E-state index in [2.05, 4.69) is 56.4 Å². The van der Waals surface area contributed by atoms with Gasteiger partial charge in [0.25, 0.3) is 5.56 Å². The van der Waals surface area contributed by atoms with Gasteiger partial charge in [-0.1, -0.05) is 41.6 Å². The van der Waals surface area contributed by atoms with E-state index in [9.17, 15) is 4.79 Å². The molecule has 6 rings (SSSR count). The molecular formula is C20H19N7O2. The molecule has 146 valence electrons. The lowest BCUT2D eigenvalue weighted by molar-refractivity contribution is 0.363. The van der Waals surface area contributed by atoms with Crippen molar-refractivity contribution in [1.82, 2.24) is 25.2 Å². The molecule has 0 unspecified atom stereocenters. The average molecular weight is 389 g/mol. The number of benzene rings is 1. The predicted octanol–water partition coefficient (Wildman–Crippen LogP) is 1.77. The highest BCUT2D eigenvalue weighted by Crippen LogP contribution is 2.62. The van der Waals surface area contributed by atoms with Gasteiger partial charge in [-0.15, -0.1) is 5.53 Å². The number of hydrogen-bond donors (Lipinski definition) is 2. The summed E-state index contributed by atoms with van der Waals surface area (Å²) < 4.78 is 6.91. The Bertz CT molecular complexity index is 1180. The Balaban J connectivity index is 1.19. The van der Waals surface area contributed by atoms with Crippen LogP contribution in [0.1, 0.15) is 29.6 Å². The number of nitrogens with one attached hydrogen (secondary N) is 2. The van der Waals surface area contributed by atoms with Crippen LogP contribution < -0.4 is 21.5 Å². The third-order valence-corrected chi connectivity index (χ3v) is 6.00. The fourth-order valence-corrected chi connectivity index (χ4v) is 4.47. The minimum Gasteiger partial charge on any atom is -0.337 e. The topological polar surface area (TPSA) is 101 Å². The Morgan fingerprint density at radius 3 is 2.93 bits per heavy atom. The molecule has 0 spiro atoms. The average Bonchev–Trinajstić information content (AvgIpc) is 3.16. The lowest BCUT2D eigenvalue weighted by Crippen LogP contribution is -2.35. The first-order valence-electron chi connectivity index (χ1n) is 9.62. The summed E-state index contributed by atoms with van der Waals surface area (Å²) >= 11 is 0. The van der Waals surface area contributed by atoms with E-state index in [1.165, 1.54) is 22.0 Å². The van der Waals surface area contributed by atoms with Crippen LogP contribution in [0, 0.1) is 11.8 Å². The molecule has 2 aromatic heterocycles. The Morgan fingerprint density at radius 2 is 2.14 bits per heavy atom. The summed E-state index contributed by atoms with van der Waals surface area (Å²) in [5, 5.41) is 5.79. The molecule has 2 N–H and O–H groups in total. The molecule has 1 saturated carbocycles. The van der Waals surface area contributed by atoms with Crippen molar-refractivity contribution in [2.24, 2.45) is 11.8 Å². The zero-order chi connectivity index (χ0) is 19.5. The molecule has 1 fully saturated rings. The molecule has 2 aliphatic carbocycles. The monoisotopic (exact) mass is 389 g/mol. The molecule has 0 bridgehead atoms. The van der Waals surface area contributed by atoms with Gasteiger partial charge in [0.15, 0.2) is 17.3 Å². The van der Waals surface area contributed by atoms with Crippen LogP contribution in [0.3, 0.4) is 0 Å². The van der Waals surface area contributed by atoms with Crippen molar-refractivity contribution in [2.75, 3.05) is 17.5 Å². The molecular weight excluding hydrogens is 370 g/mol. The molecule has 0 radical (unpaired) electrons. The lowest BCUT2D eigenvalue weighted by atomic mass is 10.0. The van der Waals surface area contributed by atoms with Crippen LogP contribution in [0.15, 0.2) is 52.1 Å². The first-order chi connectivity index (χ1) is 14.2. The second kappa shape index (κ2) is 6.02. The number of hydrogen-bond acceptors (Lipinski definition) is 8. The van der Waals surface area contributed by atoms with Crippen molar-refractivity contribution in [1.29, 1.82) is 0 Å². The number of hydrazine groups is 2. The minimum atomic E-state index is -0.173. The van der Waals surface area contributed by atoms with Gasteiger partial charge in [-0.3, -0.25) is 19.8 Å². The smallest absolute Gasteiger partial charge is 0.281 e. The highest BCUT2D eigenvalue weighted by molar-refractivity contribution is 5.70. The van der Waals surface area contributed by atoms with Crippen molar-refractivity contribution in [3.05, 3.63) is 70.4 Å². The Labute approximate surface area is 166 Å². The fraction of sp³-hybridized carbons (Fsp3) is 0.300. The summed E-state index contributed by atoms with van der Waals surface area (Å²) in [6, 6.07) is 10.5. The van der Waals surface area contributed by atoms with Gasteiger partial charge in [-0.05, 0) is 29.4 Å². The third kappa shape index (κ3) is 2.58. The molecule has 29 heavy (non-hydrogen) atoms. The summed E-state index contributed by atoms with van der Waals surface area (Å²) in [5.41, 5.74) is 8.66. The quantitative estimate of drug-likeness (QED) is 0.696. The normalized spacial score (nSPS) is 24.1. The highest BCUT2D eigenvalue weighted by atomic mass is 16.5. The molecule has 9 nitrogen and oxygen atoms in total. The summed E-state index contributed by atoms with van der Waals surface area (Å²) in [6.07, 6.45) is 4.88. The summed E-state index contributed by atoms with van der Waals surface area (Å²) in [7, 11) is 1.75. The van der Waals surface area contributed by atoms with Gasteiger partial charge in [-0.25, -0.2) is 4.98 Å². The van der Waals surface area contributed by atoms with Gasteiger partial charge in [0.1, 0.15) is 12.9 Å². The number of aromatic nitrogens is 4. The van der Waals surface area contributed by atoms with E-state index in [4.69, 9.17) is 4.52 Å².